The molecule has 0 aliphatic rings. The molecule has 2 N–H and O–H groups in total. The zero-order chi connectivity index (χ0) is 19.9. The van der Waals surface area contributed by atoms with E-state index in [1.165, 1.54) is 25.7 Å². The average molecular weight is 385 g/mol. The molecule has 0 fully saturated rings. The minimum absolute atomic E-state index is 0.0221. The summed E-state index contributed by atoms with van der Waals surface area (Å²) in [6.07, 6.45) is 5.99. The number of carbonyl (C=O) groups is 1. The average Bonchev–Trinajstić information content (AvgIpc) is 2.74. The molecule has 0 saturated carbocycles. The van der Waals surface area contributed by atoms with Crippen molar-refractivity contribution in [3.05, 3.63) is 54.6 Å². The fourth-order valence-corrected chi connectivity index (χ4v) is 2.71. The molecule has 0 bridgehead atoms. The van der Waals surface area contributed by atoms with Crippen LogP contribution in [0.5, 0.6) is 11.5 Å². The quantitative estimate of drug-likeness (QED) is 0.466. The van der Waals surface area contributed by atoms with Crippen LogP contribution in [0.4, 0.5) is 5.69 Å². The predicted octanol–water partition coefficient (Wildman–Crippen LogP) is 4.64. The molecule has 28 heavy (non-hydrogen) atoms. The number of nitrogens with one attached hydrogen (secondary N) is 2. The molecule has 0 aliphatic carbocycles. The van der Waals surface area contributed by atoms with Gasteiger partial charge in [0.05, 0.1) is 6.54 Å². The third kappa shape index (κ3) is 9.31. The van der Waals surface area contributed by atoms with E-state index in [-0.39, 0.29) is 12.5 Å². The van der Waals surface area contributed by atoms with Crippen LogP contribution in [0.25, 0.3) is 0 Å². The molecular formula is C23H32N2O3. The Hall–Kier alpha value is -2.69. The zero-order valence-corrected chi connectivity index (χ0v) is 16.8. The molecule has 2 aromatic rings. The summed E-state index contributed by atoms with van der Waals surface area (Å²) in [6.45, 7) is 4.19. The van der Waals surface area contributed by atoms with Crippen molar-refractivity contribution >= 4 is 11.6 Å². The van der Waals surface area contributed by atoms with Gasteiger partial charge in [-0.05, 0) is 42.8 Å². The molecule has 0 radical (unpaired) electrons. The van der Waals surface area contributed by atoms with Crippen molar-refractivity contribution in [2.45, 2.75) is 39.0 Å². The molecule has 1 amide bonds. The first-order chi connectivity index (χ1) is 13.8. The highest BCUT2D eigenvalue weighted by Gasteiger charge is 2.01. The van der Waals surface area contributed by atoms with E-state index in [9.17, 15) is 4.79 Å². The van der Waals surface area contributed by atoms with Gasteiger partial charge in [0.2, 0.25) is 5.91 Å². The van der Waals surface area contributed by atoms with E-state index in [0.29, 0.717) is 13.2 Å². The maximum absolute atomic E-state index is 11.9. The molecule has 152 valence electrons. The lowest BCUT2D eigenvalue weighted by atomic mass is 10.1. The van der Waals surface area contributed by atoms with E-state index < -0.39 is 0 Å². The molecule has 0 unspecified atom stereocenters. The number of benzene rings is 2. The summed E-state index contributed by atoms with van der Waals surface area (Å²) in [7, 11) is 0. The molecule has 0 heterocycles. The highest BCUT2D eigenvalue weighted by Crippen LogP contribution is 2.15. The van der Waals surface area contributed by atoms with Crippen LogP contribution in [-0.4, -0.2) is 32.2 Å². The highest BCUT2D eigenvalue weighted by atomic mass is 16.5. The van der Waals surface area contributed by atoms with Crippen molar-refractivity contribution in [2.24, 2.45) is 0 Å². The monoisotopic (exact) mass is 384 g/mol. The number of unbranched alkanes of at least 4 members (excludes halogenated alkanes) is 4. The number of carbonyl (C=O) groups excluding carboxylic acids is 1. The molecule has 2 aromatic carbocycles. The van der Waals surface area contributed by atoms with Gasteiger partial charge in [0, 0.05) is 12.2 Å². The SMILES string of the molecule is CCCCCCCNC(=O)CNc1ccc(OCCOc2ccccc2)cc1. The van der Waals surface area contributed by atoms with E-state index >= 15 is 0 Å². The Kier molecular flexibility index (Phi) is 10.4. The number of para-hydroxylation sites is 1. The summed E-state index contributed by atoms with van der Waals surface area (Å²) >= 11 is 0. The van der Waals surface area contributed by atoms with Crippen molar-refractivity contribution in [3.63, 3.8) is 0 Å². The molecule has 5 heteroatoms. The van der Waals surface area contributed by atoms with Gasteiger partial charge in [-0.3, -0.25) is 4.79 Å². The normalized spacial score (nSPS) is 10.3. The van der Waals surface area contributed by atoms with Crippen molar-refractivity contribution in [1.29, 1.82) is 0 Å². The Balaban J connectivity index is 1.55. The van der Waals surface area contributed by atoms with Gasteiger partial charge in [0.1, 0.15) is 24.7 Å². The topological polar surface area (TPSA) is 59.6 Å². The van der Waals surface area contributed by atoms with Crippen molar-refractivity contribution in [1.82, 2.24) is 5.32 Å². The largest absolute Gasteiger partial charge is 0.490 e. The minimum Gasteiger partial charge on any atom is -0.490 e. The van der Waals surface area contributed by atoms with Crippen LogP contribution in [-0.2, 0) is 4.79 Å². The number of hydrogen-bond acceptors (Lipinski definition) is 4. The summed E-state index contributed by atoms with van der Waals surface area (Å²) in [6, 6.07) is 17.3. The molecule has 2 rings (SSSR count). The number of hydrogen-bond donors (Lipinski definition) is 2. The molecule has 0 aromatic heterocycles. The first-order valence-electron chi connectivity index (χ1n) is 10.2. The summed E-state index contributed by atoms with van der Waals surface area (Å²) in [4.78, 5) is 11.9. The van der Waals surface area contributed by atoms with Crippen LogP contribution < -0.4 is 20.1 Å². The molecule has 0 spiro atoms. The smallest absolute Gasteiger partial charge is 0.239 e. The first kappa shape index (κ1) is 21.6. The van der Waals surface area contributed by atoms with Gasteiger partial charge >= 0.3 is 0 Å². The fourth-order valence-electron chi connectivity index (χ4n) is 2.71. The summed E-state index contributed by atoms with van der Waals surface area (Å²) in [5.74, 6) is 1.64. The Bertz CT molecular complexity index is 659. The lowest BCUT2D eigenvalue weighted by Gasteiger charge is -2.10. The van der Waals surface area contributed by atoms with Gasteiger partial charge in [-0.1, -0.05) is 50.8 Å². The Morgan fingerprint density at radius 1 is 0.821 bits per heavy atom. The fraction of sp³-hybridized carbons (Fsp3) is 0.435. The van der Waals surface area contributed by atoms with Crippen LogP contribution in [0.15, 0.2) is 54.6 Å². The van der Waals surface area contributed by atoms with Gasteiger partial charge < -0.3 is 20.1 Å². The maximum atomic E-state index is 11.9. The van der Waals surface area contributed by atoms with Crippen LogP contribution in [0.1, 0.15) is 39.0 Å². The van der Waals surface area contributed by atoms with Crippen molar-refractivity contribution < 1.29 is 14.3 Å². The van der Waals surface area contributed by atoms with Crippen LogP contribution >= 0.6 is 0 Å². The van der Waals surface area contributed by atoms with Gasteiger partial charge in [0.25, 0.3) is 0 Å². The lowest BCUT2D eigenvalue weighted by Crippen LogP contribution is -2.30. The first-order valence-corrected chi connectivity index (χ1v) is 10.2. The second-order valence-electron chi connectivity index (χ2n) is 6.65. The molecule has 0 saturated heterocycles. The summed E-state index contributed by atoms with van der Waals surface area (Å²) < 4.78 is 11.3. The van der Waals surface area contributed by atoms with E-state index in [0.717, 1.165) is 30.2 Å². The number of ether oxygens (including phenoxy) is 2. The van der Waals surface area contributed by atoms with Crippen LogP contribution in [0, 0.1) is 0 Å². The van der Waals surface area contributed by atoms with Gasteiger partial charge in [-0.2, -0.15) is 0 Å². The Labute approximate surface area is 168 Å². The predicted molar refractivity (Wildman–Crippen MR) is 114 cm³/mol. The summed E-state index contributed by atoms with van der Waals surface area (Å²) in [5.41, 5.74) is 0.894. The Morgan fingerprint density at radius 3 is 2.14 bits per heavy atom. The molecule has 5 nitrogen and oxygen atoms in total. The second-order valence-corrected chi connectivity index (χ2v) is 6.65. The second kappa shape index (κ2) is 13.5. The Morgan fingerprint density at radius 2 is 1.46 bits per heavy atom. The summed E-state index contributed by atoms with van der Waals surface area (Å²) in [5, 5.41) is 6.08. The maximum Gasteiger partial charge on any atom is 0.239 e. The number of anilines is 1. The van der Waals surface area contributed by atoms with E-state index in [4.69, 9.17) is 9.47 Å². The van der Waals surface area contributed by atoms with E-state index in [1.807, 2.05) is 54.6 Å². The third-order valence-electron chi connectivity index (χ3n) is 4.27. The van der Waals surface area contributed by atoms with Crippen molar-refractivity contribution in [2.75, 3.05) is 31.6 Å². The van der Waals surface area contributed by atoms with E-state index in [2.05, 4.69) is 17.6 Å². The van der Waals surface area contributed by atoms with Gasteiger partial charge in [-0.25, -0.2) is 0 Å². The third-order valence-corrected chi connectivity index (χ3v) is 4.27. The minimum atomic E-state index is 0.0221. The number of rotatable bonds is 14. The van der Waals surface area contributed by atoms with Crippen LogP contribution in [0.3, 0.4) is 0 Å². The standard InChI is InChI=1S/C23H32N2O3/c1-2-3-4-5-9-16-24-23(26)19-25-20-12-14-22(15-13-20)28-18-17-27-21-10-7-6-8-11-21/h6-8,10-15,25H,2-5,9,16-19H2,1H3,(H,24,26). The number of amides is 1. The zero-order valence-electron chi connectivity index (χ0n) is 16.8. The van der Waals surface area contributed by atoms with Crippen molar-refractivity contribution in [3.8, 4) is 11.5 Å². The van der Waals surface area contributed by atoms with Crippen LogP contribution in [0.2, 0.25) is 0 Å². The van der Waals surface area contributed by atoms with Gasteiger partial charge in [0.15, 0.2) is 0 Å². The highest BCUT2D eigenvalue weighted by molar-refractivity contribution is 5.80. The molecule has 0 aliphatic heterocycles. The van der Waals surface area contributed by atoms with Gasteiger partial charge in [-0.15, -0.1) is 0 Å². The lowest BCUT2D eigenvalue weighted by molar-refractivity contribution is -0.119. The molecule has 0 atom stereocenters. The molecular weight excluding hydrogens is 352 g/mol. The van der Waals surface area contributed by atoms with E-state index in [1.54, 1.807) is 0 Å².